The second-order valence-corrected chi connectivity index (χ2v) is 0.744. The lowest BCUT2D eigenvalue weighted by atomic mass is 10.5. The molecule has 0 fully saturated rings. The molecule has 38 valence electrons. The van der Waals surface area contributed by atoms with Crippen molar-refractivity contribution in [1.29, 1.82) is 0 Å². The highest BCUT2D eigenvalue weighted by Gasteiger charge is 1.66. The molecule has 0 aliphatic carbocycles. The van der Waals surface area contributed by atoms with Gasteiger partial charge in [-0.2, -0.15) is 0 Å². The molecule has 0 aliphatic rings. The van der Waals surface area contributed by atoms with E-state index in [0.717, 1.165) is 6.29 Å². The van der Waals surface area contributed by atoms with E-state index in [1.807, 2.05) is 0 Å². The predicted octanol–water partition coefficient (Wildman–Crippen LogP) is -0.304. The van der Waals surface area contributed by atoms with Crippen molar-refractivity contribution in [2.45, 2.75) is 6.42 Å². The summed E-state index contributed by atoms with van der Waals surface area (Å²) in [6, 6.07) is 0. The Balaban J connectivity index is 0. The van der Waals surface area contributed by atoms with Crippen molar-refractivity contribution >= 4 is 6.29 Å². The molecule has 0 aliphatic heterocycles. The summed E-state index contributed by atoms with van der Waals surface area (Å²) < 4.78 is 0. The quantitative estimate of drug-likeness (QED) is 0.457. The maximum absolute atomic E-state index is 9.32. The Morgan fingerprint density at radius 2 is 2.17 bits per heavy atom. The van der Waals surface area contributed by atoms with Crippen LogP contribution in [0.4, 0.5) is 0 Å². The van der Waals surface area contributed by atoms with Crippen LogP contribution in [0.25, 0.3) is 0 Å². The minimum Gasteiger partial charge on any atom is -0.344 e. The summed E-state index contributed by atoms with van der Waals surface area (Å²) in [5.41, 5.74) is 4.91. The van der Waals surface area contributed by atoms with Gasteiger partial charge in [0.05, 0.1) is 0 Å². The van der Waals surface area contributed by atoms with E-state index in [1.54, 1.807) is 0 Å². The molecule has 5 N–H and O–H groups in total. The Hall–Kier alpha value is -0.410. The van der Waals surface area contributed by atoms with E-state index in [-0.39, 0.29) is 6.15 Å². The predicted molar refractivity (Wildman–Crippen MR) is 24.8 cm³/mol. The third-order valence-electron chi connectivity index (χ3n) is 0.285. The van der Waals surface area contributed by atoms with Gasteiger partial charge in [-0.15, -0.1) is 0 Å². The summed E-state index contributed by atoms with van der Waals surface area (Å²) in [6.07, 6.45) is 1.29. The van der Waals surface area contributed by atoms with Crippen LogP contribution in [0.15, 0.2) is 0 Å². The Labute approximate surface area is 37.1 Å². The second-order valence-electron chi connectivity index (χ2n) is 0.744. The number of hydrogen-bond acceptors (Lipinski definition) is 3. The minimum absolute atomic E-state index is 0. The fraction of sp³-hybridized carbons (Fsp3) is 0.667. The molecule has 6 heavy (non-hydrogen) atoms. The first kappa shape index (κ1) is 9.14. The van der Waals surface area contributed by atoms with E-state index in [4.69, 9.17) is 5.73 Å². The van der Waals surface area contributed by atoms with Crippen molar-refractivity contribution in [3.05, 3.63) is 0 Å². The Morgan fingerprint density at radius 3 is 2.17 bits per heavy atom. The molecule has 0 spiro atoms. The largest absolute Gasteiger partial charge is 0.344 e. The molecule has 0 bridgehead atoms. The van der Waals surface area contributed by atoms with Crippen LogP contribution in [0, 0.1) is 0 Å². The van der Waals surface area contributed by atoms with Crippen LogP contribution in [-0.2, 0) is 4.79 Å². The zero-order valence-corrected chi connectivity index (χ0v) is 3.68. The number of aldehydes is 1. The van der Waals surface area contributed by atoms with Crippen LogP contribution in [-0.4, -0.2) is 12.8 Å². The van der Waals surface area contributed by atoms with Gasteiger partial charge in [0.2, 0.25) is 0 Å². The van der Waals surface area contributed by atoms with Gasteiger partial charge in [-0.1, -0.05) is 0 Å². The summed E-state index contributed by atoms with van der Waals surface area (Å²) in [7, 11) is 0. The van der Waals surface area contributed by atoms with E-state index in [0.29, 0.717) is 13.0 Å². The molecule has 0 saturated heterocycles. The molecule has 3 nitrogen and oxygen atoms in total. The van der Waals surface area contributed by atoms with E-state index in [2.05, 4.69) is 0 Å². The van der Waals surface area contributed by atoms with Crippen LogP contribution >= 0.6 is 0 Å². The molecule has 0 radical (unpaired) electrons. The molecule has 0 unspecified atom stereocenters. The van der Waals surface area contributed by atoms with Gasteiger partial charge in [-0.3, -0.25) is 0 Å². The van der Waals surface area contributed by atoms with Crippen molar-refractivity contribution in [3.8, 4) is 0 Å². The number of carbonyl (C=O) groups is 1. The van der Waals surface area contributed by atoms with Crippen molar-refractivity contribution in [2.24, 2.45) is 5.73 Å². The monoisotopic (exact) mass is 90.1 g/mol. The van der Waals surface area contributed by atoms with Gasteiger partial charge in [0.25, 0.3) is 0 Å². The number of hydrogen-bond donors (Lipinski definition) is 2. The van der Waals surface area contributed by atoms with E-state index in [9.17, 15) is 4.79 Å². The molecule has 0 saturated carbocycles. The first-order valence-electron chi connectivity index (χ1n) is 1.55. The smallest absolute Gasteiger partial charge is 0.121 e. The fourth-order valence-corrected chi connectivity index (χ4v) is 0.0680. The molecule has 0 heterocycles. The van der Waals surface area contributed by atoms with Gasteiger partial charge in [-0.25, -0.2) is 0 Å². The molecule has 0 amide bonds. The zero-order chi connectivity index (χ0) is 4.12. The minimum atomic E-state index is 0. The molecular weight excluding hydrogens is 80.0 g/mol. The van der Waals surface area contributed by atoms with Crippen molar-refractivity contribution in [1.82, 2.24) is 6.15 Å². The Kier molecular flexibility index (Phi) is 13.4. The van der Waals surface area contributed by atoms with Crippen molar-refractivity contribution in [3.63, 3.8) is 0 Å². The first-order chi connectivity index (χ1) is 2.41. The lowest BCUT2D eigenvalue weighted by Crippen LogP contribution is -1.97. The maximum atomic E-state index is 9.32. The third kappa shape index (κ3) is 9.53. The summed E-state index contributed by atoms with van der Waals surface area (Å²) >= 11 is 0. The average Bonchev–Trinajstić information content (AvgIpc) is 1.41. The second kappa shape index (κ2) is 8.82. The standard InChI is InChI=1S/C3H7NO.H3N/c4-2-1-3-5;/h3H,1-2,4H2;1H3. The lowest BCUT2D eigenvalue weighted by Gasteiger charge is -1.70. The topological polar surface area (TPSA) is 78.1 Å². The van der Waals surface area contributed by atoms with Gasteiger partial charge in [0.15, 0.2) is 0 Å². The highest BCUT2D eigenvalue weighted by molar-refractivity contribution is 5.49. The lowest BCUT2D eigenvalue weighted by molar-refractivity contribution is -0.107. The SMILES string of the molecule is N.NCCC=O. The molecule has 0 rings (SSSR count). The van der Waals surface area contributed by atoms with Crippen LogP contribution in [0.5, 0.6) is 0 Å². The number of rotatable bonds is 2. The van der Waals surface area contributed by atoms with Gasteiger partial charge in [-0.05, 0) is 6.54 Å². The number of nitrogens with two attached hydrogens (primary N) is 1. The Morgan fingerprint density at radius 1 is 1.67 bits per heavy atom. The summed E-state index contributed by atoms with van der Waals surface area (Å²) in [5, 5.41) is 0. The molecule has 0 aromatic carbocycles. The van der Waals surface area contributed by atoms with E-state index in [1.165, 1.54) is 0 Å². The number of carbonyl (C=O) groups excluding carboxylic acids is 1. The summed E-state index contributed by atoms with van der Waals surface area (Å²) in [6.45, 7) is 0.476. The average molecular weight is 90.1 g/mol. The van der Waals surface area contributed by atoms with Crippen LogP contribution in [0.3, 0.4) is 0 Å². The molecule has 0 atom stereocenters. The molecule has 3 heteroatoms. The molecule has 0 aromatic heterocycles. The Bertz CT molecular complexity index is 30.0. The normalized spacial score (nSPS) is 6.17. The van der Waals surface area contributed by atoms with Crippen LogP contribution in [0.1, 0.15) is 6.42 Å². The maximum Gasteiger partial charge on any atom is 0.121 e. The highest BCUT2D eigenvalue weighted by Crippen LogP contribution is 1.54. The highest BCUT2D eigenvalue weighted by atomic mass is 16.1. The summed E-state index contributed by atoms with van der Waals surface area (Å²) in [4.78, 5) is 9.32. The zero-order valence-electron chi connectivity index (χ0n) is 3.68. The van der Waals surface area contributed by atoms with Gasteiger partial charge < -0.3 is 16.7 Å². The van der Waals surface area contributed by atoms with Crippen LogP contribution < -0.4 is 11.9 Å². The van der Waals surface area contributed by atoms with Gasteiger partial charge >= 0.3 is 0 Å². The van der Waals surface area contributed by atoms with E-state index < -0.39 is 0 Å². The third-order valence-corrected chi connectivity index (χ3v) is 0.285. The van der Waals surface area contributed by atoms with E-state index >= 15 is 0 Å². The molecular formula is C3H10N2O. The van der Waals surface area contributed by atoms with Crippen LogP contribution in [0.2, 0.25) is 0 Å². The fourth-order valence-electron chi connectivity index (χ4n) is 0.0680. The first-order valence-corrected chi connectivity index (χ1v) is 1.55. The van der Waals surface area contributed by atoms with Crippen molar-refractivity contribution in [2.75, 3.05) is 6.54 Å². The van der Waals surface area contributed by atoms with Gasteiger partial charge in [0.1, 0.15) is 6.29 Å². The van der Waals surface area contributed by atoms with Gasteiger partial charge in [0, 0.05) is 6.42 Å². The van der Waals surface area contributed by atoms with Crippen molar-refractivity contribution < 1.29 is 4.79 Å². The summed E-state index contributed by atoms with van der Waals surface area (Å²) in [5.74, 6) is 0. The molecule has 0 aromatic rings.